The number of nitrogens with zero attached hydrogens (tertiary/aromatic N) is 2. The zero-order valence-electron chi connectivity index (χ0n) is 22.8. The van der Waals surface area contributed by atoms with E-state index in [1.54, 1.807) is 23.5 Å². The third-order valence-corrected chi connectivity index (χ3v) is 8.05. The first-order chi connectivity index (χ1) is 20.5. The van der Waals surface area contributed by atoms with Crippen LogP contribution in [0.4, 0.5) is 0 Å². The Morgan fingerprint density at radius 3 is 1.86 bits per heavy atom. The van der Waals surface area contributed by atoms with Crippen LogP contribution in [0, 0.1) is 0 Å². The molecule has 0 saturated carbocycles. The predicted molar refractivity (Wildman–Crippen MR) is 185 cm³/mol. The van der Waals surface area contributed by atoms with Crippen LogP contribution in [0.15, 0.2) is 134 Å². The van der Waals surface area contributed by atoms with Crippen molar-refractivity contribution in [1.82, 2.24) is 9.97 Å². The van der Waals surface area contributed by atoms with Gasteiger partial charge in [-0.3, -0.25) is 4.99 Å². The largest absolute Gasteiger partial charge is 0.361 e. The highest BCUT2D eigenvalue weighted by Gasteiger charge is 2.19. The van der Waals surface area contributed by atoms with Crippen molar-refractivity contribution in [2.75, 3.05) is 12.5 Å². The van der Waals surface area contributed by atoms with E-state index in [4.69, 9.17) is 39.8 Å². The zero-order chi connectivity index (χ0) is 29.5. The summed E-state index contributed by atoms with van der Waals surface area (Å²) in [7, 11) is 0. The van der Waals surface area contributed by atoms with Crippen molar-refractivity contribution < 1.29 is 0 Å². The number of rotatable bonds is 7. The van der Waals surface area contributed by atoms with Gasteiger partial charge in [0.15, 0.2) is 4.30 Å². The number of alkyl halides is 3. The number of allylic oxidation sites excluding steroid dienone is 4. The first-order valence-electron chi connectivity index (χ1n) is 13.0. The van der Waals surface area contributed by atoms with Crippen LogP contribution in [0.5, 0.6) is 0 Å². The highest BCUT2D eigenvalue weighted by atomic mass is 35.6. The lowest BCUT2D eigenvalue weighted by Gasteiger charge is -2.10. The number of halogens is 3. The first kappa shape index (κ1) is 30.3. The molecular formula is C33H27Cl3N4S2. The van der Waals surface area contributed by atoms with Gasteiger partial charge in [-0.15, -0.1) is 23.5 Å². The molecule has 0 saturated heterocycles. The Labute approximate surface area is 269 Å². The van der Waals surface area contributed by atoms with E-state index >= 15 is 0 Å². The van der Waals surface area contributed by atoms with E-state index in [9.17, 15) is 0 Å². The monoisotopic (exact) mass is 648 g/mol. The van der Waals surface area contributed by atoms with Crippen LogP contribution in [0.3, 0.4) is 0 Å². The molecular weight excluding hydrogens is 623 g/mol. The lowest BCUT2D eigenvalue weighted by atomic mass is 10.0. The molecule has 0 fully saturated rings. The minimum atomic E-state index is -0.750. The molecule has 2 aliphatic rings. The van der Waals surface area contributed by atoms with E-state index in [0.717, 1.165) is 56.5 Å². The van der Waals surface area contributed by atoms with Crippen molar-refractivity contribution in [3.63, 3.8) is 0 Å². The number of hydrogen-bond acceptors (Lipinski definition) is 4. The van der Waals surface area contributed by atoms with Crippen LogP contribution in [0.1, 0.15) is 28.2 Å². The molecule has 0 unspecified atom stereocenters. The van der Waals surface area contributed by atoms with Gasteiger partial charge in [0.25, 0.3) is 0 Å². The Balaban J connectivity index is 0.000000830. The van der Waals surface area contributed by atoms with E-state index < -0.39 is 4.30 Å². The van der Waals surface area contributed by atoms with Crippen molar-refractivity contribution >= 4 is 81.4 Å². The summed E-state index contributed by atoms with van der Waals surface area (Å²) in [6.07, 6.45) is 16.2. The number of H-pyrrole nitrogens is 2. The fourth-order valence-corrected chi connectivity index (χ4v) is 5.49. The summed E-state index contributed by atoms with van der Waals surface area (Å²) in [6.45, 7) is 0. The van der Waals surface area contributed by atoms with Gasteiger partial charge in [0.05, 0.1) is 22.8 Å². The number of aromatic amines is 2. The van der Waals surface area contributed by atoms with Crippen molar-refractivity contribution in [3.8, 4) is 0 Å². The summed E-state index contributed by atoms with van der Waals surface area (Å²) in [5.74, 6) is 0. The van der Waals surface area contributed by atoms with Crippen LogP contribution < -0.4 is 0 Å². The number of thioether (sulfide) groups is 2. The highest BCUT2D eigenvalue weighted by Crippen LogP contribution is 2.33. The smallest absolute Gasteiger partial charge is 0.180 e. The summed E-state index contributed by atoms with van der Waals surface area (Å²) in [4.78, 5) is 19.1. The maximum Gasteiger partial charge on any atom is 0.180 e. The first-order valence-corrected chi connectivity index (χ1v) is 16.7. The third-order valence-electron chi connectivity index (χ3n) is 6.56. The van der Waals surface area contributed by atoms with Crippen LogP contribution in [0.2, 0.25) is 0 Å². The van der Waals surface area contributed by atoms with Gasteiger partial charge in [-0.2, -0.15) is 0 Å². The second-order valence-electron chi connectivity index (χ2n) is 9.06. The van der Waals surface area contributed by atoms with Crippen molar-refractivity contribution in [1.29, 1.82) is 0 Å². The van der Waals surface area contributed by atoms with Gasteiger partial charge in [0, 0.05) is 44.7 Å². The third kappa shape index (κ3) is 7.25. The maximum absolute atomic E-state index is 5.07. The molecule has 0 amide bonds. The molecule has 6 rings (SSSR count). The van der Waals surface area contributed by atoms with Gasteiger partial charge in [-0.05, 0) is 96.5 Å². The summed E-state index contributed by atoms with van der Waals surface area (Å²) in [5.41, 5.74) is 10.2. The van der Waals surface area contributed by atoms with Gasteiger partial charge in [-0.1, -0.05) is 59.1 Å². The molecule has 2 aromatic carbocycles. The molecule has 4 nitrogen and oxygen atoms in total. The fraction of sp³-hybridized carbons (Fsp3) is 0.0909. The fourth-order valence-electron chi connectivity index (χ4n) is 4.67. The van der Waals surface area contributed by atoms with Crippen molar-refractivity contribution in [3.05, 3.63) is 143 Å². The number of aliphatic imine (C=N–C) groups is 2. The number of nitrogens with one attached hydrogen (secondary N) is 2. The molecule has 42 heavy (non-hydrogen) atoms. The SMILES string of the molecule is CSc1ccc(/C(=C2\C=CC(c3ccc(/C(=C4/C=CC=N4)c4ccc(SC)cc4)[nH]3)=N2)c2ccc[nH]2)cc1.ClC(Cl)Cl. The predicted octanol–water partition coefficient (Wildman–Crippen LogP) is 9.99. The molecule has 9 heteroatoms. The quantitative estimate of drug-likeness (QED) is 0.155. The van der Waals surface area contributed by atoms with E-state index in [1.807, 2.05) is 24.6 Å². The minimum Gasteiger partial charge on any atom is -0.361 e. The van der Waals surface area contributed by atoms with E-state index in [-0.39, 0.29) is 0 Å². The standard InChI is InChI=1S/C32H26N4S2.CHCl3/c1-37-23-11-7-21(8-12-23)31(27-5-3-19-33-27)29-17-15-25(35-29)26-16-18-30(36-26)32(28-6-4-20-34-28)22-9-13-24(38-2)14-10-22;2-1(3)4/h3-20,33,36H,1-2H3;1H/b31-29-,32-28-;. The lowest BCUT2D eigenvalue weighted by molar-refractivity contribution is 1.28. The average molecular weight is 650 g/mol. The van der Waals surface area contributed by atoms with Crippen molar-refractivity contribution in [2.45, 2.75) is 14.1 Å². The molecule has 2 aliphatic heterocycles. The average Bonchev–Trinajstić information content (AvgIpc) is 3.83. The van der Waals surface area contributed by atoms with Crippen LogP contribution in [0.25, 0.3) is 11.1 Å². The molecule has 212 valence electrons. The normalized spacial score (nSPS) is 16.1. The summed E-state index contributed by atoms with van der Waals surface area (Å²) >= 11 is 17.9. The molecule has 0 aliphatic carbocycles. The van der Waals surface area contributed by atoms with Gasteiger partial charge < -0.3 is 9.97 Å². The number of benzene rings is 2. The van der Waals surface area contributed by atoms with E-state index in [1.165, 1.54) is 9.79 Å². The summed E-state index contributed by atoms with van der Waals surface area (Å²) in [5, 5.41) is 0. The molecule has 2 aromatic heterocycles. The van der Waals surface area contributed by atoms with Crippen molar-refractivity contribution in [2.24, 2.45) is 9.98 Å². The topological polar surface area (TPSA) is 56.3 Å². The molecule has 0 radical (unpaired) electrons. The molecule has 0 atom stereocenters. The second-order valence-corrected chi connectivity index (χ2v) is 12.8. The van der Waals surface area contributed by atoms with E-state index in [0.29, 0.717) is 0 Å². The van der Waals surface area contributed by atoms with Gasteiger partial charge in [-0.25, -0.2) is 4.99 Å². The highest BCUT2D eigenvalue weighted by molar-refractivity contribution is 7.98. The van der Waals surface area contributed by atoms with Crippen LogP contribution >= 0.6 is 58.3 Å². The molecule has 0 spiro atoms. The number of hydrogen-bond donors (Lipinski definition) is 2. The zero-order valence-corrected chi connectivity index (χ0v) is 26.7. The molecule has 4 heterocycles. The van der Waals surface area contributed by atoms with Gasteiger partial charge in [0.1, 0.15) is 0 Å². The Kier molecular flexibility index (Phi) is 10.4. The minimum absolute atomic E-state index is 0.750. The molecule has 0 bridgehead atoms. The molecule has 4 aromatic rings. The Morgan fingerprint density at radius 2 is 1.33 bits per heavy atom. The maximum atomic E-state index is 5.07. The Morgan fingerprint density at radius 1 is 0.714 bits per heavy atom. The van der Waals surface area contributed by atoms with Gasteiger partial charge in [0.2, 0.25) is 0 Å². The summed E-state index contributed by atoms with van der Waals surface area (Å²) in [6, 6.07) is 25.6. The molecule has 2 N–H and O–H groups in total. The lowest BCUT2D eigenvalue weighted by Crippen LogP contribution is -1.97. The van der Waals surface area contributed by atoms with Crippen LogP contribution in [-0.2, 0) is 0 Å². The van der Waals surface area contributed by atoms with Gasteiger partial charge >= 0.3 is 0 Å². The summed E-state index contributed by atoms with van der Waals surface area (Å²) < 4.78 is -0.750. The number of aromatic nitrogens is 2. The Bertz CT molecular complexity index is 1690. The van der Waals surface area contributed by atoms with E-state index in [2.05, 4.69) is 112 Å². The Hall–Kier alpha value is -3.13. The van der Waals surface area contributed by atoms with Crippen LogP contribution in [-0.4, -0.2) is 38.7 Å². The second kappa shape index (κ2) is 14.4.